The molecule has 28 heavy (non-hydrogen) atoms. The normalized spacial score (nSPS) is 17.0. The van der Waals surface area contributed by atoms with E-state index in [2.05, 4.69) is 25.7 Å². The van der Waals surface area contributed by atoms with Gasteiger partial charge in [-0.15, -0.1) is 5.10 Å². The predicted octanol–water partition coefficient (Wildman–Crippen LogP) is 0.923. The number of carbonyl (C=O) groups excluding carboxylic acids is 1. The first-order chi connectivity index (χ1) is 13.8. The maximum Gasteiger partial charge on any atom is 0.254 e. The predicted molar refractivity (Wildman–Crippen MR) is 98.3 cm³/mol. The van der Waals surface area contributed by atoms with Crippen LogP contribution in [0.25, 0.3) is 11.3 Å². The third-order valence-electron chi connectivity index (χ3n) is 4.65. The minimum atomic E-state index is -0.367. The number of ether oxygens (including phenoxy) is 2. The summed E-state index contributed by atoms with van der Waals surface area (Å²) in [6.07, 6.45) is 1.33. The standard InChI is InChI=1S/C18H21N7O3/c1-27-10-9-25-17(21-22-23-25)16-12-24(8-11-28-16)18(26)14-4-2-13(3-5-14)15-6-7-19-20-15/h2-7,16H,8-12H2,1H3,(H,19,20)/t16-/m0/s1. The molecule has 0 aliphatic carbocycles. The van der Waals surface area contributed by atoms with E-state index in [9.17, 15) is 4.79 Å². The van der Waals surface area contributed by atoms with Gasteiger partial charge in [-0.25, -0.2) is 4.68 Å². The Bertz CT molecular complexity index is 908. The van der Waals surface area contributed by atoms with Gasteiger partial charge in [-0.1, -0.05) is 12.1 Å². The van der Waals surface area contributed by atoms with Gasteiger partial charge in [0, 0.05) is 25.4 Å². The molecular weight excluding hydrogens is 362 g/mol. The molecule has 1 saturated heterocycles. The largest absolute Gasteiger partial charge is 0.383 e. The number of nitrogens with zero attached hydrogens (tertiary/aromatic N) is 6. The molecule has 0 unspecified atom stereocenters. The van der Waals surface area contributed by atoms with Gasteiger partial charge in [0.25, 0.3) is 5.91 Å². The summed E-state index contributed by atoms with van der Waals surface area (Å²) in [5, 5.41) is 18.6. The van der Waals surface area contributed by atoms with Crippen LogP contribution in [0.2, 0.25) is 0 Å². The van der Waals surface area contributed by atoms with Crippen molar-refractivity contribution in [3.63, 3.8) is 0 Å². The third kappa shape index (κ3) is 3.78. The van der Waals surface area contributed by atoms with Crippen LogP contribution in [0.15, 0.2) is 36.5 Å². The van der Waals surface area contributed by atoms with Crippen molar-refractivity contribution >= 4 is 5.91 Å². The van der Waals surface area contributed by atoms with Crippen LogP contribution < -0.4 is 0 Å². The summed E-state index contributed by atoms with van der Waals surface area (Å²) in [5.74, 6) is 0.560. The molecule has 10 heteroatoms. The molecule has 1 aromatic carbocycles. The Labute approximate surface area is 161 Å². The van der Waals surface area contributed by atoms with Gasteiger partial charge < -0.3 is 14.4 Å². The third-order valence-corrected chi connectivity index (χ3v) is 4.65. The van der Waals surface area contributed by atoms with Crippen molar-refractivity contribution in [3.05, 3.63) is 47.9 Å². The molecule has 1 atom stereocenters. The van der Waals surface area contributed by atoms with E-state index in [-0.39, 0.29) is 12.0 Å². The summed E-state index contributed by atoms with van der Waals surface area (Å²) < 4.78 is 12.6. The zero-order chi connectivity index (χ0) is 19.3. The Morgan fingerprint density at radius 2 is 2.18 bits per heavy atom. The molecular formula is C18H21N7O3. The number of aromatic amines is 1. The Morgan fingerprint density at radius 3 is 2.93 bits per heavy atom. The van der Waals surface area contributed by atoms with E-state index in [4.69, 9.17) is 9.47 Å². The van der Waals surface area contributed by atoms with Gasteiger partial charge in [-0.05, 0) is 34.2 Å². The van der Waals surface area contributed by atoms with Gasteiger partial charge in [-0.3, -0.25) is 9.89 Å². The topological polar surface area (TPSA) is 111 Å². The smallest absolute Gasteiger partial charge is 0.254 e. The van der Waals surface area contributed by atoms with Crippen molar-refractivity contribution < 1.29 is 14.3 Å². The SMILES string of the molecule is COCCn1nnnc1[C@@H]1CN(C(=O)c2ccc(-c3ccn[nH]3)cc2)CCO1. The molecule has 1 aliphatic heterocycles. The lowest BCUT2D eigenvalue weighted by atomic mass is 10.1. The number of benzene rings is 1. The molecule has 2 aromatic heterocycles. The summed E-state index contributed by atoms with van der Waals surface area (Å²) in [6, 6.07) is 9.35. The van der Waals surface area contributed by atoms with Crippen LogP contribution in [0.1, 0.15) is 22.3 Å². The summed E-state index contributed by atoms with van der Waals surface area (Å²) in [5.41, 5.74) is 2.52. The van der Waals surface area contributed by atoms with Crippen LogP contribution in [0.3, 0.4) is 0 Å². The van der Waals surface area contributed by atoms with Gasteiger partial charge in [0.15, 0.2) is 5.82 Å². The Kier molecular flexibility index (Phi) is 5.40. The molecule has 1 aliphatic rings. The average molecular weight is 383 g/mol. The van der Waals surface area contributed by atoms with E-state index >= 15 is 0 Å². The number of nitrogens with one attached hydrogen (secondary N) is 1. The number of hydrogen-bond donors (Lipinski definition) is 1. The second-order valence-electron chi connectivity index (χ2n) is 6.41. The number of tetrazole rings is 1. The van der Waals surface area contributed by atoms with Crippen molar-refractivity contribution in [1.29, 1.82) is 0 Å². The average Bonchev–Trinajstić information content (AvgIpc) is 3.44. The molecule has 0 bridgehead atoms. The number of rotatable bonds is 6. The zero-order valence-electron chi connectivity index (χ0n) is 15.5. The molecule has 1 amide bonds. The zero-order valence-corrected chi connectivity index (χ0v) is 15.5. The van der Waals surface area contributed by atoms with E-state index in [0.29, 0.717) is 44.2 Å². The molecule has 1 fully saturated rings. The Morgan fingerprint density at radius 1 is 1.32 bits per heavy atom. The number of H-pyrrole nitrogens is 1. The summed E-state index contributed by atoms with van der Waals surface area (Å²) in [7, 11) is 1.62. The quantitative estimate of drug-likeness (QED) is 0.674. The van der Waals surface area contributed by atoms with Crippen molar-refractivity contribution in [2.75, 3.05) is 33.4 Å². The fraction of sp³-hybridized carbons (Fsp3) is 0.389. The summed E-state index contributed by atoms with van der Waals surface area (Å²) in [6.45, 7) is 2.38. The number of aromatic nitrogens is 6. The molecule has 0 spiro atoms. The second kappa shape index (κ2) is 8.28. The lowest BCUT2D eigenvalue weighted by molar-refractivity contribution is -0.0292. The molecule has 10 nitrogen and oxygen atoms in total. The van der Waals surface area contributed by atoms with E-state index in [1.54, 1.807) is 22.9 Å². The maximum atomic E-state index is 12.9. The fourth-order valence-electron chi connectivity index (χ4n) is 3.16. The van der Waals surface area contributed by atoms with E-state index < -0.39 is 0 Å². The molecule has 3 heterocycles. The van der Waals surface area contributed by atoms with Gasteiger partial charge >= 0.3 is 0 Å². The molecule has 4 rings (SSSR count). The second-order valence-corrected chi connectivity index (χ2v) is 6.41. The van der Waals surface area contributed by atoms with Crippen LogP contribution in [0.5, 0.6) is 0 Å². The lowest BCUT2D eigenvalue weighted by Gasteiger charge is -2.32. The Balaban J connectivity index is 1.45. The molecule has 0 radical (unpaired) electrons. The van der Waals surface area contributed by atoms with Crippen LogP contribution in [-0.4, -0.2) is 74.6 Å². The molecule has 146 valence electrons. The molecule has 3 aromatic rings. The van der Waals surface area contributed by atoms with Crippen molar-refractivity contribution in [2.45, 2.75) is 12.6 Å². The molecule has 1 N–H and O–H groups in total. The highest BCUT2D eigenvalue weighted by molar-refractivity contribution is 5.94. The number of morpholine rings is 1. The summed E-state index contributed by atoms with van der Waals surface area (Å²) in [4.78, 5) is 14.7. The fourth-order valence-corrected chi connectivity index (χ4v) is 3.16. The van der Waals surface area contributed by atoms with Crippen LogP contribution in [0, 0.1) is 0 Å². The number of methoxy groups -OCH3 is 1. The highest BCUT2D eigenvalue weighted by Crippen LogP contribution is 2.22. The first kappa shape index (κ1) is 18.3. The van der Waals surface area contributed by atoms with Gasteiger partial charge in [0.05, 0.1) is 32.0 Å². The monoisotopic (exact) mass is 383 g/mol. The highest BCUT2D eigenvalue weighted by atomic mass is 16.5. The summed E-state index contributed by atoms with van der Waals surface area (Å²) >= 11 is 0. The van der Waals surface area contributed by atoms with Gasteiger partial charge in [-0.2, -0.15) is 5.10 Å². The number of carbonyl (C=O) groups is 1. The number of amides is 1. The van der Waals surface area contributed by atoms with Crippen LogP contribution >= 0.6 is 0 Å². The minimum absolute atomic E-state index is 0.0413. The van der Waals surface area contributed by atoms with E-state index in [1.165, 1.54) is 0 Å². The van der Waals surface area contributed by atoms with Crippen molar-refractivity contribution in [2.24, 2.45) is 0 Å². The van der Waals surface area contributed by atoms with Crippen LogP contribution in [0.4, 0.5) is 0 Å². The van der Waals surface area contributed by atoms with Gasteiger partial charge in [0.2, 0.25) is 0 Å². The van der Waals surface area contributed by atoms with E-state index in [0.717, 1.165) is 11.3 Å². The van der Waals surface area contributed by atoms with Gasteiger partial charge in [0.1, 0.15) is 6.10 Å². The highest BCUT2D eigenvalue weighted by Gasteiger charge is 2.29. The van der Waals surface area contributed by atoms with Crippen molar-refractivity contribution in [3.8, 4) is 11.3 Å². The first-order valence-corrected chi connectivity index (χ1v) is 9.02. The first-order valence-electron chi connectivity index (χ1n) is 9.02. The van der Waals surface area contributed by atoms with E-state index in [1.807, 2.05) is 30.3 Å². The van der Waals surface area contributed by atoms with Crippen molar-refractivity contribution in [1.82, 2.24) is 35.3 Å². The minimum Gasteiger partial charge on any atom is -0.383 e. The Hall–Kier alpha value is -3.11. The maximum absolute atomic E-state index is 12.9. The molecule has 0 saturated carbocycles. The number of hydrogen-bond acceptors (Lipinski definition) is 7. The van der Waals surface area contributed by atoms with Crippen LogP contribution in [-0.2, 0) is 16.0 Å². The lowest BCUT2D eigenvalue weighted by Crippen LogP contribution is -2.43.